The third-order valence-corrected chi connectivity index (χ3v) is 3.70. The molecule has 2 heterocycles. The van der Waals surface area contributed by atoms with E-state index in [1.807, 2.05) is 23.1 Å². The molecule has 0 spiro atoms. The standard InChI is InChI=1S/C15H15N3O2/c16-7-10-1-3-14-11(5-10)2-4-15(17-14)18-8-13(20)6-12(18)9-19/h1-5,12-13,19-20H,6,8-9H2/t12-,13+/m0/s1. The number of pyridine rings is 1. The minimum atomic E-state index is -0.425. The summed E-state index contributed by atoms with van der Waals surface area (Å²) in [5, 5.41) is 28.9. The van der Waals surface area contributed by atoms with Crippen molar-refractivity contribution in [2.45, 2.75) is 18.6 Å². The third kappa shape index (κ3) is 2.20. The fraction of sp³-hybridized carbons (Fsp3) is 0.333. The number of hydrogen-bond acceptors (Lipinski definition) is 5. The van der Waals surface area contributed by atoms with Gasteiger partial charge in [0.15, 0.2) is 0 Å². The van der Waals surface area contributed by atoms with Crippen LogP contribution in [-0.2, 0) is 0 Å². The summed E-state index contributed by atoms with van der Waals surface area (Å²) in [5.74, 6) is 0.748. The molecule has 1 aromatic carbocycles. The molecule has 0 amide bonds. The maximum Gasteiger partial charge on any atom is 0.129 e. The van der Waals surface area contributed by atoms with E-state index in [-0.39, 0.29) is 12.6 Å². The van der Waals surface area contributed by atoms with E-state index < -0.39 is 6.10 Å². The second-order valence-electron chi connectivity index (χ2n) is 5.07. The van der Waals surface area contributed by atoms with Crippen LogP contribution in [0, 0.1) is 11.3 Å². The lowest BCUT2D eigenvalue weighted by atomic mass is 10.1. The number of rotatable bonds is 2. The van der Waals surface area contributed by atoms with Crippen LogP contribution in [0.1, 0.15) is 12.0 Å². The second kappa shape index (κ2) is 5.08. The minimum Gasteiger partial charge on any atom is -0.394 e. The molecule has 5 heteroatoms. The van der Waals surface area contributed by atoms with Crippen LogP contribution in [0.25, 0.3) is 10.9 Å². The molecule has 2 atom stereocenters. The van der Waals surface area contributed by atoms with Crippen LogP contribution in [0.4, 0.5) is 5.82 Å². The highest BCUT2D eigenvalue weighted by molar-refractivity contribution is 5.81. The quantitative estimate of drug-likeness (QED) is 0.851. The Morgan fingerprint density at radius 3 is 2.95 bits per heavy atom. The summed E-state index contributed by atoms with van der Waals surface area (Å²) in [5.41, 5.74) is 1.41. The molecule has 1 aliphatic rings. The van der Waals surface area contributed by atoms with E-state index in [0.29, 0.717) is 18.5 Å². The van der Waals surface area contributed by atoms with E-state index in [1.54, 1.807) is 12.1 Å². The number of aliphatic hydroxyl groups is 2. The first-order chi connectivity index (χ1) is 9.71. The number of β-amino-alcohol motifs (C(OH)–C–C–N with tert-alkyl or cyclic N) is 1. The topological polar surface area (TPSA) is 80.4 Å². The smallest absolute Gasteiger partial charge is 0.129 e. The maximum atomic E-state index is 9.73. The van der Waals surface area contributed by atoms with Crippen LogP contribution in [0.3, 0.4) is 0 Å². The summed E-state index contributed by atoms with van der Waals surface area (Å²) in [6, 6.07) is 11.2. The Kier molecular flexibility index (Phi) is 3.26. The minimum absolute atomic E-state index is 0.00411. The fourth-order valence-electron chi connectivity index (χ4n) is 2.69. The van der Waals surface area contributed by atoms with Crippen molar-refractivity contribution < 1.29 is 10.2 Å². The lowest BCUT2D eigenvalue weighted by molar-refractivity contribution is 0.184. The first-order valence-corrected chi connectivity index (χ1v) is 6.57. The van der Waals surface area contributed by atoms with Gasteiger partial charge >= 0.3 is 0 Å². The van der Waals surface area contributed by atoms with E-state index in [9.17, 15) is 10.2 Å². The van der Waals surface area contributed by atoms with Crippen LogP contribution in [0.15, 0.2) is 30.3 Å². The molecular formula is C15H15N3O2. The first kappa shape index (κ1) is 12.9. The SMILES string of the molecule is N#Cc1ccc2nc(N3C[C@H](O)C[C@H]3CO)ccc2c1. The van der Waals surface area contributed by atoms with Crippen molar-refractivity contribution in [3.63, 3.8) is 0 Å². The molecule has 5 nitrogen and oxygen atoms in total. The molecule has 2 aromatic rings. The summed E-state index contributed by atoms with van der Waals surface area (Å²) in [6.45, 7) is 0.490. The number of nitrogens with zero attached hydrogens (tertiary/aromatic N) is 3. The monoisotopic (exact) mass is 269 g/mol. The Labute approximate surface area is 116 Å². The van der Waals surface area contributed by atoms with Crippen LogP contribution in [0.2, 0.25) is 0 Å². The Morgan fingerprint density at radius 2 is 2.20 bits per heavy atom. The molecule has 3 rings (SSSR count). The largest absolute Gasteiger partial charge is 0.394 e. The number of benzene rings is 1. The van der Waals surface area contributed by atoms with E-state index in [1.165, 1.54) is 0 Å². The van der Waals surface area contributed by atoms with Crippen molar-refractivity contribution in [1.29, 1.82) is 5.26 Å². The van der Waals surface area contributed by atoms with Gasteiger partial charge in [-0.1, -0.05) is 0 Å². The van der Waals surface area contributed by atoms with Gasteiger partial charge < -0.3 is 15.1 Å². The van der Waals surface area contributed by atoms with E-state index >= 15 is 0 Å². The van der Waals surface area contributed by atoms with Crippen molar-refractivity contribution in [2.24, 2.45) is 0 Å². The van der Waals surface area contributed by atoms with Crippen LogP contribution < -0.4 is 4.90 Å². The highest BCUT2D eigenvalue weighted by atomic mass is 16.3. The van der Waals surface area contributed by atoms with Gasteiger partial charge in [-0.25, -0.2) is 4.98 Å². The fourth-order valence-corrected chi connectivity index (χ4v) is 2.69. The van der Waals surface area contributed by atoms with Gasteiger partial charge in [-0.05, 0) is 36.8 Å². The van der Waals surface area contributed by atoms with Crippen molar-refractivity contribution in [2.75, 3.05) is 18.1 Å². The molecule has 20 heavy (non-hydrogen) atoms. The third-order valence-electron chi connectivity index (χ3n) is 3.70. The summed E-state index contributed by atoms with van der Waals surface area (Å²) in [7, 11) is 0. The van der Waals surface area contributed by atoms with E-state index in [0.717, 1.165) is 16.7 Å². The molecule has 102 valence electrons. The van der Waals surface area contributed by atoms with E-state index in [2.05, 4.69) is 11.1 Å². The van der Waals surface area contributed by atoms with Crippen molar-refractivity contribution in [3.8, 4) is 6.07 Å². The van der Waals surface area contributed by atoms with Gasteiger partial charge in [0.05, 0.1) is 35.9 Å². The van der Waals surface area contributed by atoms with Gasteiger partial charge in [0.1, 0.15) is 5.82 Å². The molecule has 0 aliphatic carbocycles. The average molecular weight is 269 g/mol. The van der Waals surface area contributed by atoms with Gasteiger partial charge in [-0.3, -0.25) is 0 Å². The Balaban J connectivity index is 1.99. The van der Waals surface area contributed by atoms with Crippen LogP contribution in [-0.4, -0.2) is 40.5 Å². The molecule has 0 radical (unpaired) electrons. The summed E-state index contributed by atoms with van der Waals surface area (Å²) >= 11 is 0. The van der Waals surface area contributed by atoms with Gasteiger partial charge in [-0.2, -0.15) is 5.26 Å². The lowest BCUT2D eigenvalue weighted by Crippen LogP contribution is -2.32. The second-order valence-corrected chi connectivity index (χ2v) is 5.07. The molecular weight excluding hydrogens is 254 g/mol. The zero-order valence-corrected chi connectivity index (χ0v) is 10.9. The molecule has 1 aromatic heterocycles. The molecule has 0 bridgehead atoms. The number of aliphatic hydroxyl groups excluding tert-OH is 2. The van der Waals surface area contributed by atoms with Crippen molar-refractivity contribution >= 4 is 16.7 Å². The predicted octanol–water partition coefficient (Wildman–Crippen LogP) is 1.04. The molecule has 1 fully saturated rings. The normalized spacial score (nSPS) is 22.1. The average Bonchev–Trinajstić information content (AvgIpc) is 2.87. The Morgan fingerprint density at radius 1 is 1.35 bits per heavy atom. The Hall–Kier alpha value is -2.16. The zero-order chi connectivity index (χ0) is 14.1. The van der Waals surface area contributed by atoms with Crippen molar-refractivity contribution in [1.82, 2.24) is 4.98 Å². The number of nitriles is 1. The molecule has 2 N–H and O–H groups in total. The number of anilines is 1. The number of hydrogen-bond donors (Lipinski definition) is 2. The first-order valence-electron chi connectivity index (χ1n) is 6.57. The summed E-state index contributed by atoms with van der Waals surface area (Å²) in [4.78, 5) is 6.49. The highest BCUT2D eigenvalue weighted by Gasteiger charge is 2.31. The van der Waals surface area contributed by atoms with Crippen LogP contribution >= 0.6 is 0 Å². The predicted molar refractivity (Wildman–Crippen MR) is 75.3 cm³/mol. The number of fused-ring (bicyclic) bond motifs is 1. The van der Waals surface area contributed by atoms with Gasteiger partial charge in [0.25, 0.3) is 0 Å². The van der Waals surface area contributed by atoms with Crippen molar-refractivity contribution in [3.05, 3.63) is 35.9 Å². The van der Waals surface area contributed by atoms with Gasteiger partial charge in [0.2, 0.25) is 0 Å². The van der Waals surface area contributed by atoms with Gasteiger partial charge in [0, 0.05) is 11.9 Å². The molecule has 0 unspecified atom stereocenters. The highest BCUT2D eigenvalue weighted by Crippen LogP contribution is 2.26. The molecule has 1 saturated heterocycles. The van der Waals surface area contributed by atoms with Gasteiger partial charge in [-0.15, -0.1) is 0 Å². The lowest BCUT2D eigenvalue weighted by Gasteiger charge is -2.23. The van der Waals surface area contributed by atoms with E-state index in [4.69, 9.17) is 5.26 Å². The zero-order valence-electron chi connectivity index (χ0n) is 10.9. The number of aromatic nitrogens is 1. The molecule has 0 saturated carbocycles. The summed E-state index contributed by atoms with van der Waals surface area (Å²) in [6.07, 6.45) is 0.134. The van der Waals surface area contributed by atoms with Crippen LogP contribution in [0.5, 0.6) is 0 Å². The Bertz CT molecular complexity index is 680. The summed E-state index contributed by atoms with van der Waals surface area (Å²) < 4.78 is 0. The molecule has 1 aliphatic heterocycles. The maximum absolute atomic E-state index is 9.73.